The first-order chi connectivity index (χ1) is 10.1. The zero-order valence-electron chi connectivity index (χ0n) is 11.9. The van der Waals surface area contributed by atoms with E-state index in [2.05, 4.69) is 26.1 Å². The quantitative estimate of drug-likeness (QED) is 0.856. The van der Waals surface area contributed by atoms with Crippen LogP contribution in [0, 0.1) is 0 Å². The Morgan fingerprint density at radius 2 is 2.10 bits per heavy atom. The lowest BCUT2D eigenvalue weighted by atomic mass is 9.93. The SMILES string of the molecule is O=C(c1cc(Cl)cc(Br)c1)N1CCCCC1C1CCCN1. The molecule has 3 nitrogen and oxygen atoms in total. The van der Waals surface area contributed by atoms with Crippen LogP contribution < -0.4 is 5.32 Å². The number of carbonyl (C=O) groups excluding carboxylic acids is 1. The number of amides is 1. The summed E-state index contributed by atoms with van der Waals surface area (Å²) in [7, 11) is 0. The van der Waals surface area contributed by atoms with E-state index in [0.29, 0.717) is 22.7 Å². The van der Waals surface area contributed by atoms with Crippen molar-refractivity contribution in [2.45, 2.75) is 44.2 Å². The average molecular weight is 372 g/mol. The molecule has 114 valence electrons. The fraction of sp³-hybridized carbons (Fsp3) is 0.562. The molecule has 2 heterocycles. The molecule has 0 saturated carbocycles. The molecule has 0 aliphatic carbocycles. The second kappa shape index (κ2) is 6.67. The van der Waals surface area contributed by atoms with Gasteiger partial charge in [0.05, 0.1) is 0 Å². The summed E-state index contributed by atoms with van der Waals surface area (Å²) in [6.45, 7) is 1.93. The van der Waals surface area contributed by atoms with Crippen LogP contribution in [-0.2, 0) is 0 Å². The third-order valence-electron chi connectivity index (χ3n) is 4.48. The summed E-state index contributed by atoms with van der Waals surface area (Å²) >= 11 is 9.50. The minimum atomic E-state index is 0.108. The standard InChI is InChI=1S/C16H20BrClN2O/c17-12-8-11(9-13(18)10-12)16(21)20-7-2-1-5-15(20)14-4-3-6-19-14/h8-10,14-15,19H,1-7H2. The van der Waals surface area contributed by atoms with Gasteiger partial charge in [-0.25, -0.2) is 0 Å². The number of likely N-dealkylation sites (tertiary alicyclic amines) is 1. The summed E-state index contributed by atoms with van der Waals surface area (Å²) < 4.78 is 0.853. The fourth-order valence-corrected chi connectivity index (χ4v) is 4.37. The first-order valence-electron chi connectivity index (χ1n) is 7.65. The van der Waals surface area contributed by atoms with Crippen LogP contribution in [0.25, 0.3) is 0 Å². The van der Waals surface area contributed by atoms with Gasteiger partial charge in [0.25, 0.3) is 5.91 Å². The monoisotopic (exact) mass is 370 g/mol. The lowest BCUT2D eigenvalue weighted by molar-refractivity contribution is 0.0563. The topological polar surface area (TPSA) is 32.3 Å². The lowest BCUT2D eigenvalue weighted by Gasteiger charge is -2.39. The van der Waals surface area contributed by atoms with E-state index in [0.717, 1.165) is 30.4 Å². The van der Waals surface area contributed by atoms with Crippen molar-refractivity contribution in [3.8, 4) is 0 Å². The predicted molar refractivity (Wildman–Crippen MR) is 88.9 cm³/mol. The summed E-state index contributed by atoms with van der Waals surface area (Å²) in [6.07, 6.45) is 5.80. The van der Waals surface area contributed by atoms with Gasteiger partial charge in [-0.05, 0) is 56.8 Å². The number of piperidine rings is 1. The van der Waals surface area contributed by atoms with E-state index in [4.69, 9.17) is 11.6 Å². The third-order valence-corrected chi connectivity index (χ3v) is 5.16. The molecular formula is C16H20BrClN2O. The fourth-order valence-electron chi connectivity index (χ4n) is 3.51. The van der Waals surface area contributed by atoms with Crippen LogP contribution in [0.15, 0.2) is 22.7 Å². The maximum absolute atomic E-state index is 12.9. The van der Waals surface area contributed by atoms with E-state index < -0.39 is 0 Å². The van der Waals surface area contributed by atoms with Crippen molar-refractivity contribution in [1.29, 1.82) is 0 Å². The van der Waals surface area contributed by atoms with Gasteiger partial charge >= 0.3 is 0 Å². The highest BCUT2D eigenvalue weighted by molar-refractivity contribution is 9.10. The zero-order valence-corrected chi connectivity index (χ0v) is 14.3. The third kappa shape index (κ3) is 3.43. The molecule has 3 rings (SSSR count). The predicted octanol–water partition coefficient (Wildman–Crippen LogP) is 3.85. The molecule has 1 aromatic rings. The van der Waals surface area contributed by atoms with Crippen molar-refractivity contribution in [3.63, 3.8) is 0 Å². The smallest absolute Gasteiger partial charge is 0.254 e. The summed E-state index contributed by atoms with van der Waals surface area (Å²) in [5, 5.41) is 4.15. The first kappa shape index (κ1) is 15.3. The highest BCUT2D eigenvalue weighted by Gasteiger charge is 2.34. The van der Waals surface area contributed by atoms with Crippen molar-refractivity contribution < 1.29 is 4.79 Å². The summed E-state index contributed by atoms with van der Waals surface area (Å²) in [5.41, 5.74) is 0.680. The Morgan fingerprint density at radius 1 is 1.24 bits per heavy atom. The molecule has 2 fully saturated rings. The van der Waals surface area contributed by atoms with Crippen molar-refractivity contribution in [2.24, 2.45) is 0 Å². The summed E-state index contributed by atoms with van der Waals surface area (Å²) in [6, 6.07) is 6.22. The molecule has 2 saturated heterocycles. The molecule has 2 aliphatic heterocycles. The summed E-state index contributed by atoms with van der Waals surface area (Å²) in [5.74, 6) is 0.108. The van der Waals surface area contributed by atoms with Crippen LogP contribution in [0.1, 0.15) is 42.5 Å². The van der Waals surface area contributed by atoms with Crippen LogP contribution in [0.4, 0.5) is 0 Å². The van der Waals surface area contributed by atoms with Gasteiger partial charge in [0, 0.05) is 33.7 Å². The number of nitrogens with one attached hydrogen (secondary N) is 1. The van der Waals surface area contributed by atoms with E-state index in [1.54, 1.807) is 6.07 Å². The Morgan fingerprint density at radius 3 is 2.81 bits per heavy atom. The lowest BCUT2D eigenvalue weighted by Crippen LogP contribution is -2.52. The number of rotatable bonds is 2. The number of benzene rings is 1. The second-order valence-electron chi connectivity index (χ2n) is 5.92. The van der Waals surface area contributed by atoms with Gasteiger partial charge in [-0.3, -0.25) is 4.79 Å². The molecule has 0 spiro atoms. The minimum Gasteiger partial charge on any atom is -0.334 e. The molecular weight excluding hydrogens is 352 g/mol. The van der Waals surface area contributed by atoms with Gasteiger partial charge in [0.2, 0.25) is 0 Å². The first-order valence-corrected chi connectivity index (χ1v) is 8.83. The number of hydrogen-bond donors (Lipinski definition) is 1. The molecule has 1 aromatic carbocycles. The van der Waals surface area contributed by atoms with E-state index in [1.807, 2.05) is 12.1 Å². The van der Waals surface area contributed by atoms with Crippen molar-refractivity contribution in [1.82, 2.24) is 10.2 Å². The second-order valence-corrected chi connectivity index (χ2v) is 7.27. The molecule has 1 N–H and O–H groups in total. The molecule has 2 aliphatic rings. The molecule has 0 radical (unpaired) electrons. The minimum absolute atomic E-state index is 0.108. The zero-order chi connectivity index (χ0) is 14.8. The summed E-state index contributed by atoms with van der Waals surface area (Å²) in [4.78, 5) is 15.0. The van der Waals surface area contributed by atoms with Gasteiger partial charge in [-0.1, -0.05) is 27.5 Å². The maximum atomic E-state index is 12.9. The number of halogens is 2. The van der Waals surface area contributed by atoms with Crippen LogP contribution in [-0.4, -0.2) is 36.0 Å². The van der Waals surface area contributed by atoms with Gasteiger partial charge in [-0.2, -0.15) is 0 Å². The Bertz CT molecular complexity index is 511. The van der Waals surface area contributed by atoms with Gasteiger partial charge in [-0.15, -0.1) is 0 Å². The highest BCUT2D eigenvalue weighted by atomic mass is 79.9. The maximum Gasteiger partial charge on any atom is 0.254 e. The largest absolute Gasteiger partial charge is 0.334 e. The Hall–Kier alpha value is -0.580. The Labute approximate surface area is 139 Å². The average Bonchev–Trinajstić information content (AvgIpc) is 2.99. The number of carbonyl (C=O) groups is 1. The van der Waals surface area contributed by atoms with Crippen LogP contribution in [0.3, 0.4) is 0 Å². The van der Waals surface area contributed by atoms with E-state index >= 15 is 0 Å². The van der Waals surface area contributed by atoms with E-state index in [9.17, 15) is 4.79 Å². The molecule has 21 heavy (non-hydrogen) atoms. The number of hydrogen-bond acceptors (Lipinski definition) is 2. The highest BCUT2D eigenvalue weighted by Crippen LogP contribution is 2.27. The van der Waals surface area contributed by atoms with Crippen molar-refractivity contribution >= 4 is 33.4 Å². The molecule has 1 amide bonds. The normalized spacial score (nSPS) is 26.1. The molecule has 0 aromatic heterocycles. The van der Waals surface area contributed by atoms with Crippen molar-refractivity contribution in [2.75, 3.05) is 13.1 Å². The Kier molecular flexibility index (Phi) is 4.87. The molecule has 2 unspecified atom stereocenters. The van der Waals surface area contributed by atoms with Crippen molar-refractivity contribution in [3.05, 3.63) is 33.3 Å². The number of nitrogens with zero attached hydrogens (tertiary/aromatic N) is 1. The van der Waals surface area contributed by atoms with Gasteiger partial charge in [0.1, 0.15) is 0 Å². The van der Waals surface area contributed by atoms with Gasteiger partial charge in [0.15, 0.2) is 0 Å². The van der Waals surface area contributed by atoms with Gasteiger partial charge < -0.3 is 10.2 Å². The van der Waals surface area contributed by atoms with Crippen LogP contribution in [0.5, 0.6) is 0 Å². The van der Waals surface area contributed by atoms with E-state index in [1.165, 1.54) is 19.3 Å². The van der Waals surface area contributed by atoms with Crippen LogP contribution >= 0.6 is 27.5 Å². The molecule has 5 heteroatoms. The molecule has 2 atom stereocenters. The van der Waals surface area contributed by atoms with Crippen LogP contribution in [0.2, 0.25) is 5.02 Å². The van der Waals surface area contributed by atoms with E-state index in [-0.39, 0.29) is 5.91 Å². The molecule has 0 bridgehead atoms. The Balaban J connectivity index is 1.83.